The maximum absolute atomic E-state index is 11.7. The Morgan fingerprint density at radius 2 is 2.27 bits per heavy atom. The summed E-state index contributed by atoms with van der Waals surface area (Å²) in [5.74, 6) is -0.123. The largest absolute Gasteiger partial charge is 0.346 e. The van der Waals surface area contributed by atoms with Crippen LogP contribution in [0.1, 0.15) is 36.3 Å². The molecule has 15 heavy (non-hydrogen) atoms. The zero-order valence-electron chi connectivity index (χ0n) is 9.33. The average Bonchev–Trinajstić information content (AvgIpc) is 2.50. The van der Waals surface area contributed by atoms with Crippen molar-refractivity contribution in [1.82, 2.24) is 10.3 Å². The van der Waals surface area contributed by atoms with Crippen LogP contribution >= 0.6 is 11.3 Å². The molecule has 0 fully saturated rings. The first-order valence-corrected chi connectivity index (χ1v) is 5.77. The molecule has 0 saturated heterocycles. The molecule has 1 aromatic heterocycles. The van der Waals surface area contributed by atoms with Gasteiger partial charge < -0.3 is 11.1 Å². The fourth-order valence-electron chi connectivity index (χ4n) is 1.06. The Bertz CT molecular complexity index is 341. The van der Waals surface area contributed by atoms with Crippen LogP contribution in [0.4, 0.5) is 0 Å². The maximum atomic E-state index is 11.7. The van der Waals surface area contributed by atoms with Crippen molar-refractivity contribution in [2.45, 2.75) is 32.7 Å². The molecule has 5 heteroatoms. The van der Waals surface area contributed by atoms with Gasteiger partial charge in [-0.1, -0.05) is 0 Å². The van der Waals surface area contributed by atoms with Gasteiger partial charge in [-0.3, -0.25) is 4.79 Å². The predicted molar refractivity (Wildman–Crippen MR) is 62.1 cm³/mol. The highest BCUT2D eigenvalue weighted by molar-refractivity contribution is 7.09. The molecular formula is C10H17N3OS. The minimum Gasteiger partial charge on any atom is -0.346 e. The van der Waals surface area contributed by atoms with Crippen molar-refractivity contribution in [3.8, 4) is 0 Å². The van der Waals surface area contributed by atoms with Crippen LogP contribution in [0.2, 0.25) is 0 Å². The molecule has 0 saturated carbocycles. The molecule has 1 aromatic rings. The second kappa shape index (κ2) is 4.72. The number of nitrogens with zero attached hydrogens (tertiary/aromatic N) is 1. The van der Waals surface area contributed by atoms with Crippen molar-refractivity contribution in [2.75, 3.05) is 6.54 Å². The molecule has 0 bridgehead atoms. The Morgan fingerprint density at radius 1 is 1.60 bits per heavy atom. The number of amides is 1. The van der Waals surface area contributed by atoms with E-state index in [2.05, 4.69) is 10.3 Å². The highest BCUT2D eigenvalue weighted by atomic mass is 32.1. The number of rotatable bonds is 3. The van der Waals surface area contributed by atoms with Gasteiger partial charge in [-0.15, -0.1) is 11.3 Å². The van der Waals surface area contributed by atoms with E-state index in [1.165, 1.54) is 11.3 Å². The first-order valence-electron chi connectivity index (χ1n) is 4.89. The van der Waals surface area contributed by atoms with Crippen molar-refractivity contribution >= 4 is 17.2 Å². The maximum Gasteiger partial charge on any atom is 0.271 e. The summed E-state index contributed by atoms with van der Waals surface area (Å²) >= 11 is 1.48. The highest BCUT2D eigenvalue weighted by Crippen LogP contribution is 2.11. The Kier molecular flexibility index (Phi) is 3.82. The number of hydrogen-bond donors (Lipinski definition) is 2. The third kappa shape index (κ3) is 3.97. The highest BCUT2D eigenvalue weighted by Gasteiger charge is 2.17. The topological polar surface area (TPSA) is 68.0 Å². The lowest BCUT2D eigenvalue weighted by Gasteiger charge is -2.19. The van der Waals surface area contributed by atoms with Gasteiger partial charge in [-0.25, -0.2) is 4.98 Å². The minimum absolute atomic E-state index is 0.123. The Hall–Kier alpha value is -0.940. The second-order valence-corrected chi connectivity index (χ2v) is 5.31. The average molecular weight is 227 g/mol. The van der Waals surface area contributed by atoms with Crippen molar-refractivity contribution in [3.05, 3.63) is 16.1 Å². The summed E-state index contributed by atoms with van der Waals surface area (Å²) in [6.45, 7) is 6.39. The van der Waals surface area contributed by atoms with Crippen molar-refractivity contribution < 1.29 is 4.79 Å². The van der Waals surface area contributed by atoms with Crippen LogP contribution < -0.4 is 11.1 Å². The van der Waals surface area contributed by atoms with E-state index in [1.54, 1.807) is 5.38 Å². The zero-order valence-corrected chi connectivity index (χ0v) is 10.1. The third-order valence-corrected chi connectivity index (χ3v) is 2.54. The van der Waals surface area contributed by atoms with Gasteiger partial charge in [0.2, 0.25) is 0 Å². The number of hydrogen-bond acceptors (Lipinski definition) is 4. The number of nitrogens with two attached hydrogens (primary N) is 1. The molecule has 1 rings (SSSR count). The van der Waals surface area contributed by atoms with E-state index < -0.39 is 0 Å². The smallest absolute Gasteiger partial charge is 0.271 e. The first kappa shape index (κ1) is 12.1. The molecule has 0 radical (unpaired) electrons. The zero-order chi connectivity index (χ0) is 11.5. The SMILES string of the molecule is CC(C)(C)NC(=O)c1csc(CCN)n1. The second-order valence-electron chi connectivity index (χ2n) is 4.37. The summed E-state index contributed by atoms with van der Waals surface area (Å²) in [6, 6.07) is 0. The number of thiazole rings is 1. The molecule has 0 atom stereocenters. The van der Waals surface area contributed by atoms with E-state index in [0.717, 1.165) is 11.4 Å². The number of nitrogens with one attached hydrogen (secondary N) is 1. The molecule has 1 amide bonds. The quantitative estimate of drug-likeness (QED) is 0.814. The molecule has 0 aliphatic heterocycles. The first-order chi connectivity index (χ1) is 6.92. The molecule has 84 valence electrons. The molecule has 0 aromatic carbocycles. The van der Waals surface area contributed by atoms with Gasteiger partial charge in [0.25, 0.3) is 5.91 Å². The van der Waals surface area contributed by atoms with Gasteiger partial charge in [0.1, 0.15) is 5.69 Å². The van der Waals surface area contributed by atoms with Gasteiger partial charge in [-0.2, -0.15) is 0 Å². The molecule has 3 N–H and O–H groups in total. The molecule has 0 aliphatic rings. The number of carbonyl (C=O) groups excluding carboxylic acids is 1. The van der Waals surface area contributed by atoms with Gasteiger partial charge in [0, 0.05) is 17.3 Å². The summed E-state index contributed by atoms with van der Waals surface area (Å²) in [4.78, 5) is 15.9. The predicted octanol–water partition coefficient (Wildman–Crippen LogP) is 1.17. The number of carbonyl (C=O) groups is 1. The normalized spacial score (nSPS) is 11.5. The van der Waals surface area contributed by atoms with Crippen LogP contribution in [0.3, 0.4) is 0 Å². The molecule has 0 aliphatic carbocycles. The van der Waals surface area contributed by atoms with Crippen LogP contribution in [-0.4, -0.2) is 23.0 Å². The number of aromatic nitrogens is 1. The Balaban J connectivity index is 2.66. The van der Waals surface area contributed by atoms with E-state index in [-0.39, 0.29) is 11.4 Å². The molecule has 0 unspecified atom stereocenters. The standard InChI is InChI=1S/C10H17N3OS/c1-10(2,3)13-9(14)7-6-15-8(12-7)4-5-11/h6H,4-5,11H2,1-3H3,(H,13,14). The van der Waals surface area contributed by atoms with Crippen LogP contribution in [0.15, 0.2) is 5.38 Å². The summed E-state index contributed by atoms with van der Waals surface area (Å²) in [5, 5.41) is 5.55. The third-order valence-electron chi connectivity index (χ3n) is 1.63. The van der Waals surface area contributed by atoms with Crippen LogP contribution in [-0.2, 0) is 6.42 Å². The lowest BCUT2D eigenvalue weighted by Crippen LogP contribution is -2.40. The fourth-order valence-corrected chi connectivity index (χ4v) is 1.85. The van der Waals surface area contributed by atoms with Gasteiger partial charge in [-0.05, 0) is 27.3 Å². The molecule has 0 spiro atoms. The van der Waals surface area contributed by atoms with Crippen LogP contribution in [0, 0.1) is 0 Å². The van der Waals surface area contributed by atoms with Crippen LogP contribution in [0.25, 0.3) is 0 Å². The van der Waals surface area contributed by atoms with Gasteiger partial charge in [0.15, 0.2) is 0 Å². The van der Waals surface area contributed by atoms with Crippen molar-refractivity contribution in [1.29, 1.82) is 0 Å². The molecule has 4 nitrogen and oxygen atoms in total. The monoisotopic (exact) mass is 227 g/mol. The van der Waals surface area contributed by atoms with Gasteiger partial charge >= 0.3 is 0 Å². The van der Waals surface area contributed by atoms with Crippen molar-refractivity contribution in [3.63, 3.8) is 0 Å². The lowest BCUT2D eigenvalue weighted by molar-refractivity contribution is 0.0915. The summed E-state index contributed by atoms with van der Waals surface area (Å²) < 4.78 is 0. The molecular weight excluding hydrogens is 210 g/mol. The molecule has 1 heterocycles. The van der Waals surface area contributed by atoms with E-state index in [1.807, 2.05) is 20.8 Å². The van der Waals surface area contributed by atoms with E-state index in [9.17, 15) is 4.79 Å². The Morgan fingerprint density at radius 3 is 2.80 bits per heavy atom. The van der Waals surface area contributed by atoms with E-state index >= 15 is 0 Å². The van der Waals surface area contributed by atoms with Crippen LogP contribution in [0.5, 0.6) is 0 Å². The summed E-state index contributed by atoms with van der Waals surface area (Å²) in [5.41, 5.74) is 5.67. The van der Waals surface area contributed by atoms with E-state index in [4.69, 9.17) is 5.73 Å². The summed E-state index contributed by atoms with van der Waals surface area (Å²) in [7, 11) is 0. The van der Waals surface area contributed by atoms with E-state index in [0.29, 0.717) is 12.2 Å². The fraction of sp³-hybridized carbons (Fsp3) is 0.600. The van der Waals surface area contributed by atoms with Crippen molar-refractivity contribution in [2.24, 2.45) is 5.73 Å². The Labute approximate surface area is 93.9 Å². The lowest BCUT2D eigenvalue weighted by atomic mass is 10.1. The van der Waals surface area contributed by atoms with Gasteiger partial charge in [0.05, 0.1) is 5.01 Å². The minimum atomic E-state index is -0.227. The summed E-state index contributed by atoms with van der Waals surface area (Å²) in [6.07, 6.45) is 0.730.